The van der Waals surface area contributed by atoms with Crippen molar-refractivity contribution in [2.24, 2.45) is 5.73 Å². The summed E-state index contributed by atoms with van der Waals surface area (Å²) in [6.45, 7) is 0. The Morgan fingerprint density at radius 3 is 2.83 bits per heavy atom. The summed E-state index contributed by atoms with van der Waals surface area (Å²) < 4.78 is 1.93. The Labute approximate surface area is 71.0 Å². The third-order valence-electron chi connectivity index (χ3n) is 2.54. The average Bonchev–Trinajstić information content (AvgIpc) is 2.64. The summed E-state index contributed by atoms with van der Waals surface area (Å²) in [6, 6.07) is 0.0555. The molecule has 1 aliphatic rings. The van der Waals surface area contributed by atoms with Crippen molar-refractivity contribution in [1.82, 2.24) is 9.55 Å². The minimum absolute atomic E-state index is 0.0719. The topological polar surface area (TPSA) is 64.1 Å². The fourth-order valence-electron chi connectivity index (χ4n) is 1.78. The van der Waals surface area contributed by atoms with Gasteiger partial charge in [-0.2, -0.15) is 0 Å². The van der Waals surface area contributed by atoms with Crippen LogP contribution in [0.15, 0.2) is 18.7 Å². The van der Waals surface area contributed by atoms with Crippen LogP contribution in [-0.2, 0) is 0 Å². The highest BCUT2D eigenvalue weighted by Gasteiger charge is 2.32. The first kappa shape index (κ1) is 7.76. The Hall–Kier alpha value is -0.870. The molecule has 0 aromatic carbocycles. The lowest BCUT2D eigenvalue weighted by Gasteiger charge is -2.17. The number of nitrogens with zero attached hydrogens (tertiary/aromatic N) is 2. The van der Waals surface area contributed by atoms with E-state index in [2.05, 4.69) is 4.98 Å². The summed E-state index contributed by atoms with van der Waals surface area (Å²) in [6.07, 6.45) is 6.73. The molecule has 66 valence electrons. The molecule has 0 unspecified atom stereocenters. The van der Waals surface area contributed by atoms with Crippen molar-refractivity contribution in [3.05, 3.63) is 18.7 Å². The van der Waals surface area contributed by atoms with Crippen molar-refractivity contribution in [2.45, 2.75) is 31.0 Å². The molecule has 1 fully saturated rings. The first-order valence-corrected chi connectivity index (χ1v) is 4.20. The lowest BCUT2D eigenvalue weighted by molar-refractivity contribution is 0.122. The molecular formula is C8H13N3O. The highest BCUT2D eigenvalue weighted by Crippen LogP contribution is 2.28. The maximum absolute atomic E-state index is 9.66. The van der Waals surface area contributed by atoms with Crippen LogP contribution in [-0.4, -0.2) is 26.8 Å². The molecule has 0 bridgehead atoms. The van der Waals surface area contributed by atoms with E-state index in [0.717, 1.165) is 12.8 Å². The molecule has 0 spiro atoms. The second kappa shape index (κ2) is 2.88. The number of aliphatic hydroxyl groups excluding tert-OH is 1. The smallest absolute Gasteiger partial charge is 0.0949 e. The maximum Gasteiger partial charge on any atom is 0.0949 e. The van der Waals surface area contributed by atoms with Gasteiger partial charge in [0.1, 0.15) is 0 Å². The number of nitrogens with two attached hydrogens (primary N) is 1. The molecule has 1 aromatic heterocycles. The first-order chi connectivity index (χ1) is 5.79. The number of imidazole rings is 1. The number of aliphatic hydroxyl groups is 1. The Bertz CT molecular complexity index is 247. The van der Waals surface area contributed by atoms with Crippen LogP contribution in [0.3, 0.4) is 0 Å². The average molecular weight is 167 g/mol. The lowest BCUT2D eigenvalue weighted by Crippen LogP contribution is -2.33. The number of hydrogen-bond donors (Lipinski definition) is 2. The van der Waals surface area contributed by atoms with Gasteiger partial charge in [0.05, 0.1) is 18.5 Å². The molecule has 12 heavy (non-hydrogen) atoms. The van der Waals surface area contributed by atoms with E-state index < -0.39 is 6.10 Å². The summed E-state index contributed by atoms with van der Waals surface area (Å²) in [4.78, 5) is 3.94. The Balaban J connectivity index is 2.16. The van der Waals surface area contributed by atoms with Gasteiger partial charge in [-0.05, 0) is 12.8 Å². The predicted molar refractivity (Wildman–Crippen MR) is 44.5 cm³/mol. The Morgan fingerprint density at radius 1 is 1.50 bits per heavy atom. The van der Waals surface area contributed by atoms with Gasteiger partial charge in [-0.25, -0.2) is 4.98 Å². The van der Waals surface area contributed by atoms with E-state index >= 15 is 0 Å². The summed E-state index contributed by atoms with van der Waals surface area (Å²) >= 11 is 0. The summed E-state index contributed by atoms with van der Waals surface area (Å²) in [5.74, 6) is 0. The van der Waals surface area contributed by atoms with E-state index in [-0.39, 0.29) is 12.1 Å². The second-order valence-corrected chi connectivity index (χ2v) is 3.31. The molecule has 0 radical (unpaired) electrons. The summed E-state index contributed by atoms with van der Waals surface area (Å²) in [5.41, 5.74) is 5.69. The fourth-order valence-corrected chi connectivity index (χ4v) is 1.78. The third-order valence-corrected chi connectivity index (χ3v) is 2.54. The monoisotopic (exact) mass is 167 g/mol. The largest absolute Gasteiger partial charge is 0.389 e. The molecule has 4 nitrogen and oxygen atoms in total. The highest BCUT2D eigenvalue weighted by atomic mass is 16.3. The van der Waals surface area contributed by atoms with Crippen LogP contribution in [0, 0.1) is 0 Å². The van der Waals surface area contributed by atoms with Crippen LogP contribution in [0.5, 0.6) is 0 Å². The van der Waals surface area contributed by atoms with Gasteiger partial charge in [-0.1, -0.05) is 0 Å². The summed E-state index contributed by atoms with van der Waals surface area (Å²) in [5, 5.41) is 9.66. The molecular weight excluding hydrogens is 154 g/mol. The minimum Gasteiger partial charge on any atom is -0.389 e. The van der Waals surface area contributed by atoms with E-state index in [9.17, 15) is 5.11 Å². The van der Waals surface area contributed by atoms with Gasteiger partial charge in [0.15, 0.2) is 0 Å². The van der Waals surface area contributed by atoms with Crippen molar-refractivity contribution in [1.29, 1.82) is 0 Å². The van der Waals surface area contributed by atoms with Crippen molar-refractivity contribution in [3.8, 4) is 0 Å². The standard InChI is InChI=1S/C8H13N3O/c9-6-1-2-7(8(6)12)11-4-3-10-5-11/h3-8,12H,1-2,9H2/t6-,7-,8-/m1/s1. The molecule has 1 aromatic rings. The van der Waals surface area contributed by atoms with Crippen molar-refractivity contribution in [3.63, 3.8) is 0 Å². The molecule has 4 heteroatoms. The van der Waals surface area contributed by atoms with Crippen LogP contribution >= 0.6 is 0 Å². The van der Waals surface area contributed by atoms with E-state index in [1.807, 2.05) is 10.8 Å². The SMILES string of the molecule is N[C@@H]1CC[C@@H](n2ccnc2)[C@@H]1O. The van der Waals surface area contributed by atoms with E-state index in [0.29, 0.717) is 0 Å². The van der Waals surface area contributed by atoms with Gasteiger partial charge in [0.2, 0.25) is 0 Å². The zero-order chi connectivity index (χ0) is 8.55. The van der Waals surface area contributed by atoms with E-state index in [4.69, 9.17) is 5.73 Å². The molecule has 0 saturated heterocycles. The molecule has 0 aliphatic heterocycles. The maximum atomic E-state index is 9.66. The Morgan fingerprint density at radius 2 is 2.33 bits per heavy atom. The molecule has 1 heterocycles. The minimum atomic E-state index is -0.417. The zero-order valence-corrected chi connectivity index (χ0v) is 6.80. The zero-order valence-electron chi connectivity index (χ0n) is 6.80. The van der Waals surface area contributed by atoms with Crippen LogP contribution in [0.25, 0.3) is 0 Å². The van der Waals surface area contributed by atoms with Crippen molar-refractivity contribution < 1.29 is 5.11 Å². The van der Waals surface area contributed by atoms with Crippen LogP contribution in [0.1, 0.15) is 18.9 Å². The van der Waals surface area contributed by atoms with Gasteiger partial charge >= 0.3 is 0 Å². The first-order valence-electron chi connectivity index (χ1n) is 4.20. The van der Waals surface area contributed by atoms with E-state index in [1.165, 1.54) is 0 Å². The van der Waals surface area contributed by atoms with Gasteiger partial charge in [-0.15, -0.1) is 0 Å². The Kier molecular flexibility index (Phi) is 1.86. The van der Waals surface area contributed by atoms with Crippen molar-refractivity contribution >= 4 is 0 Å². The van der Waals surface area contributed by atoms with E-state index in [1.54, 1.807) is 12.5 Å². The number of aromatic nitrogens is 2. The molecule has 1 aliphatic carbocycles. The molecule has 0 amide bonds. The van der Waals surface area contributed by atoms with Crippen LogP contribution in [0.4, 0.5) is 0 Å². The van der Waals surface area contributed by atoms with Crippen LogP contribution in [0.2, 0.25) is 0 Å². The molecule has 1 saturated carbocycles. The normalized spacial score (nSPS) is 35.7. The highest BCUT2D eigenvalue weighted by molar-refractivity contribution is 4.93. The number of rotatable bonds is 1. The second-order valence-electron chi connectivity index (χ2n) is 3.31. The molecule has 2 rings (SSSR count). The number of hydrogen-bond acceptors (Lipinski definition) is 3. The third kappa shape index (κ3) is 1.13. The van der Waals surface area contributed by atoms with Crippen LogP contribution < -0.4 is 5.73 Å². The van der Waals surface area contributed by atoms with Gasteiger partial charge in [0.25, 0.3) is 0 Å². The van der Waals surface area contributed by atoms with Gasteiger partial charge < -0.3 is 15.4 Å². The fraction of sp³-hybridized carbons (Fsp3) is 0.625. The predicted octanol–water partition coefficient (Wildman–Crippen LogP) is -0.0938. The lowest BCUT2D eigenvalue weighted by atomic mass is 10.2. The van der Waals surface area contributed by atoms with Gasteiger partial charge in [-0.3, -0.25) is 0 Å². The van der Waals surface area contributed by atoms with Crippen molar-refractivity contribution in [2.75, 3.05) is 0 Å². The molecule has 3 N–H and O–H groups in total. The quantitative estimate of drug-likeness (QED) is 0.614. The summed E-state index contributed by atoms with van der Waals surface area (Å²) in [7, 11) is 0. The van der Waals surface area contributed by atoms with Gasteiger partial charge in [0, 0.05) is 18.4 Å². The molecule has 3 atom stereocenters.